The van der Waals surface area contributed by atoms with Gasteiger partial charge in [0.25, 0.3) is 0 Å². The summed E-state index contributed by atoms with van der Waals surface area (Å²) in [6.45, 7) is 22.7. The van der Waals surface area contributed by atoms with Crippen LogP contribution < -0.4 is 0 Å². The fourth-order valence-electron chi connectivity index (χ4n) is 6.14. The van der Waals surface area contributed by atoms with Gasteiger partial charge in [0, 0.05) is 28.4 Å². The van der Waals surface area contributed by atoms with E-state index in [1.807, 2.05) is 12.1 Å². The number of aliphatic hydroxyl groups is 1. The van der Waals surface area contributed by atoms with Crippen molar-refractivity contribution in [1.82, 2.24) is 4.98 Å². The normalized spacial score (nSPS) is 21.2. The molecule has 0 amide bonds. The molecule has 2 aromatic rings. The Morgan fingerprint density at radius 2 is 1.80 bits per heavy atom. The second-order valence-electron chi connectivity index (χ2n) is 14.6. The molecule has 2 unspecified atom stereocenters. The smallest absolute Gasteiger partial charge is 0.338 e. The van der Waals surface area contributed by atoms with Gasteiger partial charge >= 0.3 is 5.97 Å². The molecule has 0 radical (unpaired) electrons. The summed E-state index contributed by atoms with van der Waals surface area (Å²) >= 11 is 0. The zero-order chi connectivity index (χ0) is 30.3. The summed E-state index contributed by atoms with van der Waals surface area (Å²) in [7, 11) is -2.11. The minimum Gasteiger partial charge on any atom is -0.462 e. The molecule has 0 aliphatic heterocycles. The summed E-state index contributed by atoms with van der Waals surface area (Å²) in [4.78, 5) is 17.7. The molecule has 0 bridgehead atoms. The number of nitrogens with zero attached hydrogens (tertiary/aromatic N) is 1. The van der Waals surface area contributed by atoms with Crippen molar-refractivity contribution in [3.8, 4) is 0 Å². The molecule has 0 fully saturated rings. The van der Waals surface area contributed by atoms with Gasteiger partial charge in [-0.05, 0) is 85.3 Å². The maximum Gasteiger partial charge on any atom is 0.338 e. The summed E-state index contributed by atoms with van der Waals surface area (Å²) in [5.74, 6) is -0.00556. The summed E-state index contributed by atoms with van der Waals surface area (Å²) < 4.78 is 12.4. The number of aromatic nitrogens is 1. The lowest BCUT2D eigenvalue weighted by atomic mass is 9.70. The molecule has 6 heteroatoms. The van der Waals surface area contributed by atoms with Gasteiger partial charge in [-0.2, -0.15) is 0 Å². The number of hydrogen-bond acceptors (Lipinski definition) is 5. The van der Waals surface area contributed by atoms with E-state index in [2.05, 4.69) is 73.7 Å². The monoisotopic (exact) mass is 577 g/mol. The van der Waals surface area contributed by atoms with Gasteiger partial charge in [0.2, 0.25) is 0 Å². The molecule has 1 heterocycles. The number of esters is 1. The number of ether oxygens (including phenoxy) is 1. The number of carbonyl (C=O) groups is 1. The highest BCUT2D eigenvalue weighted by molar-refractivity contribution is 6.74. The minimum atomic E-state index is -2.11. The van der Waals surface area contributed by atoms with Crippen LogP contribution in [0.15, 0.2) is 36.4 Å². The van der Waals surface area contributed by atoms with Crippen molar-refractivity contribution < 1.29 is 19.1 Å². The van der Waals surface area contributed by atoms with Crippen molar-refractivity contribution in [2.75, 3.05) is 6.61 Å². The molecule has 1 N–H and O–H groups in total. The number of aliphatic hydroxyl groups excluding tert-OH is 1. The van der Waals surface area contributed by atoms with Gasteiger partial charge < -0.3 is 14.3 Å². The van der Waals surface area contributed by atoms with E-state index in [-0.39, 0.29) is 34.4 Å². The van der Waals surface area contributed by atoms with Crippen LogP contribution >= 0.6 is 0 Å². The van der Waals surface area contributed by atoms with Gasteiger partial charge in [0.1, 0.15) is 6.10 Å². The second kappa shape index (κ2) is 11.8. The lowest BCUT2D eigenvalue weighted by Crippen LogP contribution is -2.44. The van der Waals surface area contributed by atoms with Crippen LogP contribution in [0.25, 0.3) is 0 Å². The molecule has 0 saturated heterocycles. The zero-order valence-electron chi connectivity index (χ0n) is 26.9. The molecule has 1 aromatic heterocycles. The fraction of sp³-hybridized carbons (Fsp3) is 0.600. The number of hydrogen-bond donors (Lipinski definition) is 1. The van der Waals surface area contributed by atoms with Crippen LogP contribution in [-0.2, 0) is 15.6 Å². The Kier molecular flexibility index (Phi) is 9.09. The standard InChI is InChI=1S/C35H51NO4Si/c1-11-39-33(38)25-18-16-24(17-19-25)32(37)30-28(23-14-12-13-15-23)29-26(36-31(30)22(2)3)20-35(7,8)21-27(29)40-41(9,10)34(4,5)6/h12,14,16-19,22-23,27,32,37H,11,13,15,20-21H2,1-10H3/t23?,27?,32-/m1/s1. The molecular formula is C35H51NO4Si. The first-order valence-corrected chi connectivity index (χ1v) is 18.3. The van der Waals surface area contributed by atoms with E-state index in [0.29, 0.717) is 12.2 Å². The van der Waals surface area contributed by atoms with E-state index < -0.39 is 14.4 Å². The van der Waals surface area contributed by atoms with E-state index >= 15 is 0 Å². The molecule has 0 saturated carbocycles. The Hall–Kier alpha value is -2.28. The number of benzene rings is 1. The predicted octanol–water partition coefficient (Wildman–Crippen LogP) is 8.93. The molecule has 1 aromatic carbocycles. The van der Waals surface area contributed by atoms with E-state index in [9.17, 15) is 9.90 Å². The van der Waals surface area contributed by atoms with Gasteiger partial charge in [-0.15, -0.1) is 0 Å². The largest absolute Gasteiger partial charge is 0.462 e. The van der Waals surface area contributed by atoms with Gasteiger partial charge in [-0.25, -0.2) is 4.79 Å². The highest BCUT2D eigenvalue weighted by atomic mass is 28.4. The summed E-state index contributed by atoms with van der Waals surface area (Å²) in [6, 6.07) is 7.19. The number of carbonyl (C=O) groups excluding carboxylic acids is 1. The third kappa shape index (κ3) is 6.55. The van der Waals surface area contributed by atoms with E-state index in [0.717, 1.165) is 48.2 Å². The molecule has 0 spiro atoms. The first kappa shape index (κ1) is 31.6. The van der Waals surface area contributed by atoms with Crippen LogP contribution in [-0.4, -0.2) is 31.0 Å². The van der Waals surface area contributed by atoms with Crippen LogP contribution in [0.3, 0.4) is 0 Å². The first-order chi connectivity index (χ1) is 19.1. The van der Waals surface area contributed by atoms with E-state index in [1.54, 1.807) is 19.1 Å². The van der Waals surface area contributed by atoms with Crippen LogP contribution in [0, 0.1) is 5.41 Å². The molecule has 224 valence electrons. The molecule has 2 aliphatic rings. The molecule has 41 heavy (non-hydrogen) atoms. The topological polar surface area (TPSA) is 68.7 Å². The molecule has 2 aliphatic carbocycles. The lowest BCUT2D eigenvalue weighted by molar-refractivity contribution is 0.0526. The summed E-state index contributed by atoms with van der Waals surface area (Å²) in [5.41, 5.74) is 6.75. The van der Waals surface area contributed by atoms with Crippen molar-refractivity contribution >= 4 is 14.3 Å². The predicted molar refractivity (Wildman–Crippen MR) is 169 cm³/mol. The minimum absolute atomic E-state index is 0.0626. The Labute approximate surface area is 248 Å². The average molecular weight is 578 g/mol. The van der Waals surface area contributed by atoms with Crippen LogP contribution in [0.5, 0.6) is 0 Å². The Morgan fingerprint density at radius 3 is 2.34 bits per heavy atom. The number of allylic oxidation sites excluding steroid dienone is 2. The van der Waals surface area contributed by atoms with Gasteiger partial charge in [-0.1, -0.05) is 72.8 Å². The molecule has 5 nitrogen and oxygen atoms in total. The highest BCUT2D eigenvalue weighted by Crippen LogP contribution is 2.52. The van der Waals surface area contributed by atoms with Crippen LogP contribution in [0.1, 0.15) is 143 Å². The number of pyridine rings is 1. The zero-order valence-corrected chi connectivity index (χ0v) is 27.9. The summed E-state index contributed by atoms with van der Waals surface area (Å²) in [6.07, 6.45) is 7.54. The first-order valence-electron chi connectivity index (χ1n) is 15.4. The number of rotatable bonds is 8. The van der Waals surface area contributed by atoms with E-state index in [4.69, 9.17) is 14.1 Å². The third-order valence-electron chi connectivity index (χ3n) is 9.31. The van der Waals surface area contributed by atoms with Crippen molar-refractivity contribution in [2.24, 2.45) is 5.41 Å². The van der Waals surface area contributed by atoms with Crippen LogP contribution in [0.2, 0.25) is 18.1 Å². The van der Waals surface area contributed by atoms with Gasteiger partial charge in [0.05, 0.1) is 18.3 Å². The van der Waals surface area contributed by atoms with Crippen molar-refractivity contribution in [2.45, 2.75) is 123 Å². The average Bonchev–Trinajstić information content (AvgIpc) is 3.40. The highest BCUT2D eigenvalue weighted by Gasteiger charge is 2.45. The Morgan fingerprint density at radius 1 is 1.15 bits per heavy atom. The maximum atomic E-state index is 12.3. The Balaban J connectivity index is 1.94. The van der Waals surface area contributed by atoms with Crippen molar-refractivity contribution in [3.63, 3.8) is 0 Å². The quantitative estimate of drug-likeness (QED) is 0.193. The van der Waals surface area contributed by atoms with Crippen LogP contribution in [0.4, 0.5) is 0 Å². The molecular weight excluding hydrogens is 526 g/mol. The van der Waals surface area contributed by atoms with Crippen molar-refractivity contribution in [1.29, 1.82) is 0 Å². The third-order valence-corrected chi connectivity index (χ3v) is 13.8. The Bertz CT molecular complexity index is 1290. The SMILES string of the molecule is CCOC(=O)c1ccc([C@@H](O)c2c(C(C)C)nc3c(c2C2C=CCC2)C(O[Si](C)(C)C(C)(C)C)CC(C)(C)C3)cc1. The number of fused-ring (bicyclic) bond motifs is 1. The van der Waals surface area contributed by atoms with Gasteiger partial charge in [-0.3, -0.25) is 4.98 Å². The van der Waals surface area contributed by atoms with Crippen molar-refractivity contribution in [3.05, 3.63) is 75.6 Å². The van der Waals surface area contributed by atoms with E-state index in [1.165, 1.54) is 11.1 Å². The van der Waals surface area contributed by atoms with Gasteiger partial charge in [0.15, 0.2) is 8.32 Å². The second-order valence-corrected chi connectivity index (χ2v) is 19.4. The molecule has 3 atom stereocenters. The lowest BCUT2D eigenvalue weighted by Gasteiger charge is -2.45. The summed E-state index contributed by atoms with van der Waals surface area (Å²) in [5, 5.41) is 12.2. The fourth-order valence-corrected chi connectivity index (χ4v) is 7.41. The maximum absolute atomic E-state index is 12.3. The molecule has 4 rings (SSSR count).